The zero-order valence-corrected chi connectivity index (χ0v) is 19.1. The van der Waals surface area contributed by atoms with Gasteiger partial charge < -0.3 is 19.7 Å². The number of piperidine rings is 1. The van der Waals surface area contributed by atoms with Gasteiger partial charge in [-0.05, 0) is 53.2 Å². The molecule has 0 aliphatic carbocycles. The summed E-state index contributed by atoms with van der Waals surface area (Å²) in [5.41, 5.74) is -3.40. The fourth-order valence-electron chi connectivity index (χ4n) is 2.99. The highest BCUT2D eigenvalue weighted by Crippen LogP contribution is 2.35. The van der Waals surface area contributed by atoms with Crippen molar-refractivity contribution < 1.29 is 41.0 Å². The average molecular weight is 481 g/mol. The summed E-state index contributed by atoms with van der Waals surface area (Å²) in [5.74, 6) is -4.98. The van der Waals surface area contributed by atoms with Gasteiger partial charge in [0.05, 0.1) is 18.0 Å². The number of alkyl halides is 5. The zero-order chi connectivity index (χ0) is 25.2. The summed E-state index contributed by atoms with van der Waals surface area (Å²) in [6.07, 6.45) is -4.71. The lowest BCUT2D eigenvalue weighted by atomic mass is 9.91. The van der Waals surface area contributed by atoms with E-state index in [4.69, 9.17) is 9.47 Å². The van der Waals surface area contributed by atoms with Crippen LogP contribution < -0.4 is 10.1 Å². The monoisotopic (exact) mass is 481 g/mol. The third kappa shape index (κ3) is 7.16. The van der Waals surface area contributed by atoms with E-state index in [1.807, 2.05) is 0 Å². The molecule has 1 atom stereocenters. The molecule has 1 unspecified atom stereocenters. The Bertz CT molecular complexity index is 868. The van der Waals surface area contributed by atoms with Crippen LogP contribution >= 0.6 is 0 Å². The maximum absolute atomic E-state index is 14.7. The van der Waals surface area contributed by atoms with E-state index in [0.717, 1.165) is 23.2 Å². The van der Waals surface area contributed by atoms with E-state index < -0.39 is 65.8 Å². The minimum absolute atomic E-state index is 0.0603. The summed E-state index contributed by atoms with van der Waals surface area (Å²) in [6.45, 7) is 6.02. The Morgan fingerprint density at radius 1 is 1.21 bits per heavy atom. The molecule has 1 aromatic heterocycles. The van der Waals surface area contributed by atoms with Crippen LogP contribution in [-0.4, -0.2) is 59.1 Å². The van der Waals surface area contributed by atoms with Crippen molar-refractivity contribution in [3.63, 3.8) is 0 Å². The minimum Gasteiger partial charge on any atom is -0.476 e. The first kappa shape index (κ1) is 26.6. The number of aromatic nitrogens is 1. The van der Waals surface area contributed by atoms with E-state index in [0.29, 0.717) is 0 Å². The molecule has 2 amide bonds. The smallest absolute Gasteiger partial charge is 0.421 e. The second-order valence-corrected chi connectivity index (χ2v) is 9.50. The molecule has 7 nitrogen and oxygen atoms in total. The Morgan fingerprint density at radius 3 is 2.39 bits per heavy atom. The fourth-order valence-corrected chi connectivity index (χ4v) is 2.99. The van der Waals surface area contributed by atoms with Crippen molar-refractivity contribution in [2.24, 2.45) is 5.41 Å². The summed E-state index contributed by atoms with van der Waals surface area (Å²) >= 11 is 0. The molecule has 0 saturated carbocycles. The fraction of sp³-hybridized carbons (Fsp3) is 0.667. The van der Waals surface area contributed by atoms with Crippen molar-refractivity contribution in [1.29, 1.82) is 0 Å². The largest absolute Gasteiger partial charge is 0.476 e. The lowest BCUT2D eigenvalue weighted by Gasteiger charge is -2.40. The van der Waals surface area contributed by atoms with Crippen LogP contribution in [0.15, 0.2) is 18.3 Å². The SMILES string of the molecule is CC(C)(C)OC(=O)N1CCC(NC(=O)C(C)(C)COc2ncccc2C(F)(F)F)C(F)(F)C1. The van der Waals surface area contributed by atoms with E-state index in [1.54, 1.807) is 20.8 Å². The maximum atomic E-state index is 14.7. The Balaban J connectivity index is 2.01. The molecule has 0 radical (unpaired) electrons. The van der Waals surface area contributed by atoms with Crippen LogP contribution in [0, 0.1) is 5.41 Å². The van der Waals surface area contributed by atoms with Crippen molar-refractivity contribution in [3.8, 4) is 5.88 Å². The molecule has 1 aliphatic heterocycles. The second kappa shape index (κ2) is 9.30. The Labute approximate surface area is 188 Å². The van der Waals surface area contributed by atoms with Gasteiger partial charge in [-0.2, -0.15) is 13.2 Å². The van der Waals surface area contributed by atoms with E-state index in [2.05, 4.69) is 10.3 Å². The highest BCUT2D eigenvalue weighted by molar-refractivity contribution is 5.82. The van der Waals surface area contributed by atoms with E-state index in [-0.39, 0.29) is 13.0 Å². The van der Waals surface area contributed by atoms with Crippen molar-refractivity contribution >= 4 is 12.0 Å². The molecule has 1 fully saturated rings. The van der Waals surface area contributed by atoms with Crippen LogP contribution in [0.1, 0.15) is 46.6 Å². The number of pyridine rings is 1. The molecule has 0 aromatic carbocycles. The molecule has 186 valence electrons. The predicted octanol–water partition coefficient (Wildman–Crippen LogP) is 4.27. The van der Waals surface area contributed by atoms with Gasteiger partial charge in [-0.3, -0.25) is 4.79 Å². The predicted molar refractivity (Wildman–Crippen MR) is 108 cm³/mol. The number of likely N-dealkylation sites (tertiary alicyclic amines) is 1. The molecular weight excluding hydrogens is 453 g/mol. The van der Waals surface area contributed by atoms with Crippen molar-refractivity contribution in [2.75, 3.05) is 19.7 Å². The van der Waals surface area contributed by atoms with Gasteiger partial charge in [0.2, 0.25) is 11.8 Å². The first-order valence-electron chi connectivity index (χ1n) is 10.2. The van der Waals surface area contributed by atoms with Gasteiger partial charge >= 0.3 is 12.3 Å². The number of carbonyl (C=O) groups excluding carboxylic acids is 2. The first-order chi connectivity index (χ1) is 14.9. The van der Waals surface area contributed by atoms with Gasteiger partial charge in [-0.25, -0.2) is 18.6 Å². The first-order valence-corrected chi connectivity index (χ1v) is 10.2. The Hall–Kier alpha value is -2.66. The summed E-state index contributed by atoms with van der Waals surface area (Å²) < 4.78 is 78.8. The molecule has 1 N–H and O–H groups in total. The zero-order valence-electron chi connectivity index (χ0n) is 19.1. The van der Waals surface area contributed by atoms with Crippen LogP contribution in [0.25, 0.3) is 0 Å². The van der Waals surface area contributed by atoms with Gasteiger partial charge in [0.15, 0.2) is 0 Å². The number of carbonyl (C=O) groups is 2. The van der Waals surface area contributed by atoms with Crippen LogP contribution in [0.2, 0.25) is 0 Å². The maximum Gasteiger partial charge on any atom is 0.421 e. The number of amides is 2. The van der Waals surface area contributed by atoms with Crippen molar-refractivity contribution in [2.45, 2.75) is 64.8 Å². The molecule has 2 heterocycles. The van der Waals surface area contributed by atoms with Crippen LogP contribution in [0.4, 0.5) is 26.7 Å². The van der Waals surface area contributed by atoms with Crippen LogP contribution in [-0.2, 0) is 15.7 Å². The van der Waals surface area contributed by atoms with Crippen LogP contribution in [0.5, 0.6) is 5.88 Å². The normalized spacial score (nSPS) is 19.1. The lowest BCUT2D eigenvalue weighted by Crippen LogP contribution is -2.61. The highest BCUT2D eigenvalue weighted by atomic mass is 19.4. The molecule has 12 heteroatoms. The molecule has 33 heavy (non-hydrogen) atoms. The molecule has 1 saturated heterocycles. The topological polar surface area (TPSA) is 80.8 Å². The highest BCUT2D eigenvalue weighted by Gasteiger charge is 2.48. The molecule has 0 spiro atoms. The Kier molecular flexibility index (Phi) is 7.49. The molecule has 1 aromatic rings. The Morgan fingerprint density at radius 2 is 1.85 bits per heavy atom. The third-order valence-electron chi connectivity index (χ3n) is 4.82. The number of ether oxygens (including phenoxy) is 2. The molecular formula is C21H28F5N3O4. The summed E-state index contributed by atoms with van der Waals surface area (Å²) in [5, 5.41) is 2.25. The third-order valence-corrected chi connectivity index (χ3v) is 4.82. The number of halogens is 5. The van der Waals surface area contributed by atoms with E-state index >= 15 is 0 Å². The van der Waals surface area contributed by atoms with Crippen molar-refractivity contribution in [1.82, 2.24) is 15.2 Å². The van der Waals surface area contributed by atoms with E-state index in [1.165, 1.54) is 13.8 Å². The quantitative estimate of drug-likeness (QED) is 0.636. The van der Waals surface area contributed by atoms with Crippen LogP contribution in [0.3, 0.4) is 0 Å². The average Bonchev–Trinajstić information content (AvgIpc) is 2.65. The summed E-state index contributed by atoms with van der Waals surface area (Å²) in [7, 11) is 0. The standard InChI is InChI=1S/C21H28F5N3O4/c1-18(2,3)33-17(31)29-10-8-14(20(22,23)11-29)28-16(30)19(4,5)12-32-15-13(21(24,25)26)7-6-9-27-15/h6-7,9,14H,8,10-12H2,1-5H3,(H,28,30). The van der Waals surface area contributed by atoms with Gasteiger partial charge in [-0.1, -0.05) is 0 Å². The van der Waals surface area contributed by atoms with Gasteiger partial charge in [0.25, 0.3) is 5.92 Å². The number of nitrogens with zero attached hydrogens (tertiary/aromatic N) is 2. The van der Waals surface area contributed by atoms with E-state index in [9.17, 15) is 31.5 Å². The van der Waals surface area contributed by atoms with Crippen molar-refractivity contribution in [3.05, 3.63) is 23.9 Å². The number of hydrogen-bond donors (Lipinski definition) is 1. The number of nitrogens with one attached hydrogen (secondary N) is 1. The molecule has 0 bridgehead atoms. The molecule has 2 rings (SSSR count). The summed E-state index contributed by atoms with van der Waals surface area (Å²) in [6, 6.07) is 0.316. The van der Waals surface area contributed by atoms with Gasteiger partial charge in [0, 0.05) is 12.7 Å². The lowest BCUT2D eigenvalue weighted by molar-refractivity contribution is -0.141. The van der Waals surface area contributed by atoms with Gasteiger partial charge in [-0.15, -0.1) is 0 Å². The second-order valence-electron chi connectivity index (χ2n) is 9.50. The summed E-state index contributed by atoms with van der Waals surface area (Å²) in [4.78, 5) is 29.2. The van der Waals surface area contributed by atoms with Gasteiger partial charge in [0.1, 0.15) is 17.8 Å². The molecule has 1 aliphatic rings. The number of rotatable bonds is 5. The number of hydrogen-bond acceptors (Lipinski definition) is 5. The minimum atomic E-state index is -4.71.